The van der Waals surface area contributed by atoms with E-state index in [4.69, 9.17) is 15.7 Å². The summed E-state index contributed by atoms with van der Waals surface area (Å²) in [6, 6.07) is 5.80. The minimum Gasteiger partial charge on any atom is -0.422 e. The zero-order valence-electron chi connectivity index (χ0n) is 9.01. The van der Waals surface area contributed by atoms with E-state index < -0.39 is 0 Å². The van der Waals surface area contributed by atoms with Crippen molar-refractivity contribution in [1.82, 2.24) is 9.55 Å². The number of imidazole rings is 1. The monoisotopic (exact) mass is 340 g/mol. The lowest BCUT2D eigenvalue weighted by Gasteiger charge is -2.10. The largest absolute Gasteiger partial charge is 0.422 e. The number of ether oxygens (including phenoxy) is 1. The van der Waals surface area contributed by atoms with Crippen LogP contribution in [0.2, 0.25) is 0 Å². The number of hydrogen-bond donors (Lipinski definition) is 1. The summed E-state index contributed by atoms with van der Waals surface area (Å²) in [5.41, 5.74) is 6.79. The van der Waals surface area contributed by atoms with Crippen LogP contribution in [0.4, 0.5) is 5.69 Å². The lowest BCUT2D eigenvalue weighted by atomic mass is 10.2. The Morgan fingerprint density at radius 2 is 2.29 bits per heavy atom. The summed E-state index contributed by atoms with van der Waals surface area (Å²) in [5.74, 6) is 0.527. The van der Waals surface area contributed by atoms with Gasteiger partial charge >= 0.3 is 6.01 Å². The molecule has 2 rings (SSSR count). The molecule has 86 valence electrons. The van der Waals surface area contributed by atoms with Gasteiger partial charge in [0.1, 0.15) is 0 Å². The van der Waals surface area contributed by atoms with E-state index in [1.165, 1.54) is 0 Å². The molecule has 0 amide bonds. The molecule has 0 saturated heterocycles. The first-order valence-corrected chi connectivity index (χ1v) is 5.84. The molecule has 0 bridgehead atoms. The zero-order valence-corrected chi connectivity index (χ0v) is 11.2. The Morgan fingerprint density at radius 1 is 1.53 bits per heavy atom. The SMILES string of the molecule is Cn1ccnc1Oc1c(N)cc(C#N)cc1I. The molecule has 6 heteroatoms. The highest BCUT2D eigenvalue weighted by Crippen LogP contribution is 2.32. The normalized spacial score (nSPS) is 9.94. The van der Waals surface area contributed by atoms with Crippen molar-refractivity contribution in [2.45, 2.75) is 0 Å². The van der Waals surface area contributed by atoms with Crippen LogP contribution < -0.4 is 10.5 Å². The van der Waals surface area contributed by atoms with E-state index in [0.29, 0.717) is 23.0 Å². The molecule has 5 nitrogen and oxygen atoms in total. The molecular formula is C11H9IN4O. The number of aromatic nitrogens is 2. The molecule has 0 aliphatic rings. The van der Waals surface area contributed by atoms with Gasteiger partial charge in [0.25, 0.3) is 0 Å². The van der Waals surface area contributed by atoms with E-state index in [2.05, 4.69) is 27.6 Å². The number of aryl methyl sites for hydroxylation is 1. The number of rotatable bonds is 2. The van der Waals surface area contributed by atoms with Gasteiger partial charge in [-0.05, 0) is 34.7 Å². The number of nitriles is 1. The molecule has 0 spiro atoms. The fourth-order valence-electron chi connectivity index (χ4n) is 1.33. The third-order valence-electron chi connectivity index (χ3n) is 2.17. The van der Waals surface area contributed by atoms with Crippen molar-refractivity contribution >= 4 is 28.3 Å². The first-order chi connectivity index (χ1) is 8.11. The summed E-state index contributed by atoms with van der Waals surface area (Å²) in [4.78, 5) is 4.05. The Morgan fingerprint density at radius 3 is 2.82 bits per heavy atom. The highest BCUT2D eigenvalue weighted by atomic mass is 127. The molecule has 0 aliphatic carbocycles. The van der Waals surface area contributed by atoms with Gasteiger partial charge in [-0.25, -0.2) is 4.98 Å². The van der Waals surface area contributed by atoms with E-state index in [9.17, 15) is 0 Å². The predicted octanol–water partition coefficient (Wildman–Crippen LogP) is 2.27. The van der Waals surface area contributed by atoms with Crippen molar-refractivity contribution in [2.75, 3.05) is 5.73 Å². The van der Waals surface area contributed by atoms with E-state index in [0.717, 1.165) is 3.57 Å². The molecule has 1 aromatic carbocycles. The first-order valence-electron chi connectivity index (χ1n) is 4.76. The van der Waals surface area contributed by atoms with Crippen molar-refractivity contribution < 1.29 is 4.74 Å². The van der Waals surface area contributed by atoms with Gasteiger partial charge in [0.15, 0.2) is 5.75 Å². The summed E-state index contributed by atoms with van der Waals surface area (Å²) in [7, 11) is 1.83. The quantitative estimate of drug-likeness (QED) is 0.672. The average Bonchev–Trinajstić information content (AvgIpc) is 2.69. The third-order valence-corrected chi connectivity index (χ3v) is 2.97. The standard InChI is InChI=1S/C11H9IN4O/c1-16-3-2-15-11(16)17-10-8(12)4-7(6-13)5-9(10)14/h2-5H,14H2,1H3. The van der Waals surface area contributed by atoms with E-state index >= 15 is 0 Å². The molecule has 0 saturated carbocycles. The maximum atomic E-state index is 8.81. The Bertz CT molecular complexity index is 577. The number of nitrogen functional groups attached to an aromatic ring is 1. The predicted molar refractivity (Wildman–Crippen MR) is 71.6 cm³/mol. The fourth-order valence-corrected chi connectivity index (χ4v) is 2.09. The van der Waals surface area contributed by atoms with Gasteiger partial charge < -0.3 is 15.0 Å². The van der Waals surface area contributed by atoms with E-state index in [-0.39, 0.29) is 0 Å². The van der Waals surface area contributed by atoms with Crippen LogP contribution in [-0.2, 0) is 7.05 Å². The Labute approximate surface area is 112 Å². The Balaban J connectivity index is 2.41. The second-order valence-corrected chi connectivity index (χ2v) is 4.57. The first kappa shape index (κ1) is 11.7. The van der Waals surface area contributed by atoms with Gasteiger partial charge in [-0.1, -0.05) is 0 Å². The summed E-state index contributed by atoms with van der Waals surface area (Å²) < 4.78 is 8.14. The average molecular weight is 340 g/mol. The summed E-state index contributed by atoms with van der Waals surface area (Å²) in [5, 5.41) is 8.81. The van der Waals surface area contributed by atoms with Crippen LogP contribution in [0.1, 0.15) is 5.56 Å². The van der Waals surface area contributed by atoms with Crippen molar-refractivity contribution in [2.24, 2.45) is 7.05 Å². The summed E-state index contributed by atoms with van der Waals surface area (Å²) >= 11 is 2.08. The van der Waals surface area contributed by atoms with Gasteiger partial charge in [0, 0.05) is 19.4 Å². The van der Waals surface area contributed by atoms with Gasteiger partial charge in [-0.15, -0.1) is 0 Å². The summed E-state index contributed by atoms with van der Waals surface area (Å²) in [6.07, 6.45) is 3.42. The number of halogens is 1. The van der Waals surface area contributed by atoms with Gasteiger partial charge in [-0.3, -0.25) is 0 Å². The molecular weight excluding hydrogens is 331 g/mol. The van der Waals surface area contributed by atoms with Crippen molar-refractivity contribution in [3.8, 4) is 17.8 Å². The lowest BCUT2D eigenvalue weighted by molar-refractivity contribution is 0.424. The molecule has 0 radical (unpaired) electrons. The number of benzene rings is 1. The second kappa shape index (κ2) is 4.63. The molecule has 0 unspecified atom stereocenters. The van der Waals surface area contributed by atoms with E-state index in [1.807, 2.05) is 13.1 Å². The highest BCUT2D eigenvalue weighted by molar-refractivity contribution is 14.1. The molecule has 0 atom stereocenters. The third kappa shape index (κ3) is 2.34. The lowest BCUT2D eigenvalue weighted by Crippen LogP contribution is -1.99. The topological polar surface area (TPSA) is 76.9 Å². The van der Waals surface area contributed by atoms with Crippen molar-refractivity contribution in [3.05, 3.63) is 33.7 Å². The maximum Gasteiger partial charge on any atom is 0.301 e. The van der Waals surface area contributed by atoms with Crippen LogP contribution in [0.25, 0.3) is 0 Å². The highest BCUT2D eigenvalue weighted by Gasteiger charge is 2.11. The zero-order chi connectivity index (χ0) is 12.4. The van der Waals surface area contributed by atoms with Gasteiger partial charge in [0.05, 0.1) is 20.9 Å². The van der Waals surface area contributed by atoms with E-state index in [1.54, 1.807) is 29.1 Å². The number of hydrogen-bond acceptors (Lipinski definition) is 4. The molecule has 2 N–H and O–H groups in total. The summed E-state index contributed by atoms with van der Waals surface area (Å²) in [6.45, 7) is 0. The smallest absolute Gasteiger partial charge is 0.301 e. The van der Waals surface area contributed by atoms with Crippen LogP contribution in [-0.4, -0.2) is 9.55 Å². The number of anilines is 1. The van der Waals surface area contributed by atoms with Gasteiger partial charge in [-0.2, -0.15) is 5.26 Å². The van der Waals surface area contributed by atoms with Crippen LogP contribution >= 0.6 is 22.6 Å². The molecule has 2 aromatic rings. The van der Waals surface area contributed by atoms with Crippen LogP contribution in [0, 0.1) is 14.9 Å². The van der Waals surface area contributed by atoms with Crippen LogP contribution in [0.5, 0.6) is 11.8 Å². The molecule has 1 heterocycles. The van der Waals surface area contributed by atoms with Crippen LogP contribution in [0.15, 0.2) is 24.5 Å². The number of nitrogens with two attached hydrogens (primary N) is 1. The Hall–Kier alpha value is -1.75. The van der Waals surface area contributed by atoms with Gasteiger partial charge in [0.2, 0.25) is 0 Å². The molecule has 0 aliphatic heterocycles. The second-order valence-electron chi connectivity index (χ2n) is 3.41. The minimum absolute atomic E-state index is 0.427. The van der Waals surface area contributed by atoms with Crippen molar-refractivity contribution in [3.63, 3.8) is 0 Å². The van der Waals surface area contributed by atoms with Crippen LogP contribution in [0.3, 0.4) is 0 Å². The molecule has 1 aromatic heterocycles. The van der Waals surface area contributed by atoms with Crippen molar-refractivity contribution in [1.29, 1.82) is 5.26 Å². The number of nitrogens with zero attached hydrogens (tertiary/aromatic N) is 3. The fraction of sp³-hybridized carbons (Fsp3) is 0.0909. The molecule has 17 heavy (non-hydrogen) atoms. The Kier molecular flexibility index (Phi) is 3.19. The minimum atomic E-state index is 0.427. The molecule has 0 fully saturated rings. The maximum absolute atomic E-state index is 8.81.